The van der Waals surface area contributed by atoms with Crippen LogP contribution in [0.2, 0.25) is 0 Å². The molecule has 1 N–H and O–H groups in total. The first-order valence-corrected chi connectivity index (χ1v) is 2.34. The van der Waals surface area contributed by atoms with E-state index in [2.05, 4.69) is 4.74 Å². The molecule has 50 valence electrons. The minimum Gasteiger partial charge on any atom is -1.00 e. The monoisotopic (exact) mass is 158 g/mol. The first-order chi connectivity index (χ1) is 3.42. The van der Waals surface area contributed by atoms with Crippen LogP contribution >= 0.6 is 0 Å². The molecular weight excluding hydrogens is 147 g/mol. The van der Waals surface area contributed by atoms with Crippen molar-refractivity contribution >= 4 is 6.16 Å². The normalized spacial score (nSPS) is 9.67. The van der Waals surface area contributed by atoms with Gasteiger partial charge >= 0.3 is 57.5 Å². The van der Waals surface area contributed by atoms with E-state index in [4.69, 9.17) is 5.11 Å². The molecule has 9 heavy (non-hydrogen) atoms. The molecule has 0 rings (SSSR count). The maximum Gasteiger partial charge on any atom is 1.00 e. The van der Waals surface area contributed by atoms with Crippen LogP contribution < -0.4 is 51.4 Å². The molecule has 0 atom stereocenters. The van der Waals surface area contributed by atoms with Gasteiger partial charge in [-0.3, -0.25) is 0 Å². The second-order valence-corrected chi connectivity index (χ2v) is 2.48. The zero-order valence-corrected chi connectivity index (χ0v) is 9.39. The summed E-state index contributed by atoms with van der Waals surface area (Å²) in [6, 6.07) is 0. The van der Waals surface area contributed by atoms with Crippen LogP contribution in [0, 0.1) is 0 Å². The molecule has 3 nitrogen and oxygen atoms in total. The Labute approximate surface area is 98.7 Å². The van der Waals surface area contributed by atoms with Gasteiger partial charge in [-0.25, -0.2) is 4.79 Å². The maximum absolute atomic E-state index is 9.79. The molecule has 0 bridgehead atoms. The quantitative estimate of drug-likeness (QED) is 0.348. The zero-order valence-electron chi connectivity index (χ0n) is 7.26. The van der Waals surface area contributed by atoms with Crippen LogP contribution in [-0.2, 0) is 4.74 Å². The van der Waals surface area contributed by atoms with Crippen molar-refractivity contribution in [3.8, 4) is 0 Å². The van der Waals surface area contributed by atoms with Crippen molar-refractivity contribution in [2.75, 3.05) is 0 Å². The molecule has 0 aliphatic rings. The number of hydrogen-bond donors (Lipinski definition) is 1. The molecule has 0 aromatic rings. The minimum atomic E-state index is -1.22. The van der Waals surface area contributed by atoms with Crippen molar-refractivity contribution in [1.29, 1.82) is 0 Å². The van der Waals surface area contributed by atoms with Gasteiger partial charge in [-0.05, 0) is 20.8 Å². The fourth-order valence-corrected chi connectivity index (χ4v) is 0.262. The van der Waals surface area contributed by atoms with Gasteiger partial charge in [-0.1, -0.05) is 0 Å². The van der Waals surface area contributed by atoms with Crippen LogP contribution in [0.15, 0.2) is 0 Å². The van der Waals surface area contributed by atoms with Crippen LogP contribution in [-0.4, -0.2) is 16.9 Å². The van der Waals surface area contributed by atoms with E-state index in [0.717, 1.165) is 0 Å². The first kappa shape index (κ1) is 12.6. The van der Waals surface area contributed by atoms with Gasteiger partial charge in [0.2, 0.25) is 0 Å². The van der Waals surface area contributed by atoms with Gasteiger partial charge in [0.15, 0.2) is 0 Å². The summed E-state index contributed by atoms with van der Waals surface area (Å²) in [6.45, 7) is 5.04. The maximum atomic E-state index is 9.79. The van der Waals surface area contributed by atoms with E-state index in [1.54, 1.807) is 20.8 Å². The smallest absolute Gasteiger partial charge is 1.00 e. The van der Waals surface area contributed by atoms with E-state index in [9.17, 15) is 4.79 Å². The third-order valence-electron chi connectivity index (χ3n) is 0.393. The third-order valence-corrected chi connectivity index (χ3v) is 0.393. The van der Waals surface area contributed by atoms with Crippen molar-refractivity contribution < 1.29 is 67.4 Å². The van der Waals surface area contributed by atoms with E-state index in [-0.39, 0.29) is 52.8 Å². The Balaban J connectivity index is -0.000000245. The van der Waals surface area contributed by atoms with Crippen LogP contribution in [0.3, 0.4) is 0 Å². The average Bonchev–Trinajstić information content (AvgIpc) is 1.21. The Kier molecular flexibility index (Phi) is 6.54. The fourth-order valence-electron chi connectivity index (χ4n) is 0.262. The van der Waals surface area contributed by atoms with Gasteiger partial charge in [0.25, 0.3) is 0 Å². The molecule has 0 aliphatic heterocycles. The molecule has 0 amide bonds. The molecule has 0 radical (unpaired) electrons. The van der Waals surface area contributed by atoms with Gasteiger partial charge in [-0.15, -0.1) is 0 Å². The molecule has 0 aliphatic carbocycles. The summed E-state index contributed by atoms with van der Waals surface area (Å²) in [6.07, 6.45) is -1.22. The largest absolute Gasteiger partial charge is 1.00 e. The van der Waals surface area contributed by atoms with Crippen molar-refractivity contribution in [3.63, 3.8) is 0 Å². The van der Waals surface area contributed by atoms with Crippen molar-refractivity contribution in [2.45, 2.75) is 26.4 Å². The van der Waals surface area contributed by atoms with Crippen LogP contribution in [0.25, 0.3) is 0 Å². The van der Waals surface area contributed by atoms with Crippen LogP contribution in [0.4, 0.5) is 4.79 Å². The van der Waals surface area contributed by atoms with Crippen LogP contribution in [0.1, 0.15) is 22.2 Å². The Morgan fingerprint density at radius 1 is 1.56 bits per heavy atom. The summed E-state index contributed by atoms with van der Waals surface area (Å²) in [5.74, 6) is 0. The van der Waals surface area contributed by atoms with Gasteiger partial charge in [0, 0.05) is 0 Å². The molecule has 0 heterocycles. The van der Waals surface area contributed by atoms with Gasteiger partial charge in [0.1, 0.15) is 5.60 Å². The van der Waals surface area contributed by atoms with E-state index in [1.165, 1.54) is 0 Å². The predicted octanol–water partition coefficient (Wildman–Crippen LogP) is -1.40. The molecule has 0 saturated carbocycles. The van der Waals surface area contributed by atoms with E-state index >= 15 is 0 Å². The Bertz CT molecular complexity index is 99.6. The fraction of sp³-hybridized carbons (Fsp3) is 0.800. The Morgan fingerprint density at radius 3 is 1.89 bits per heavy atom. The standard InChI is InChI=1S/C5H10O3.K.H/c1-5(2,3)8-4(6)7;;/h1-3H3,(H,6,7);;/q;+1;-1. The molecular formula is C5H11KO3. The minimum absolute atomic E-state index is 0. The summed E-state index contributed by atoms with van der Waals surface area (Å²) in [4.78, 5) is 9.79. The van der Waals surface area contributed by atoms with Gasteiger partial charge in [-0.2, -0.15) is 0 Å². The number of hydrogen-bond acceptors (Lipinski definition) is 2. The van der Waals surface area contributed by atoms with E-state index < -0.39 is 11.8 Å². The topological polar surface area (TPSA) is 46.5 Å². The van der Waals surface area contributed by atoms with Gasteiger partial charge < -0.3 is 11.3 Å². The second kappa shape index (κ2) is 4.68. The van der Waals surface area contributed by atoms with Crippen molar-refractivity contribution in [2.24, 2.45) is 0 Å². The summed E-state index contributed by atoms with van der Waals surface area (Å²) in [7, 11) is 0. The SMILES string of the molecule is CC(C)(C)OC(=O)O.[H-].[K+]. The number of carbonyl (C=O) groups is 1. The summed E-state index contributed by atoms with van der Waals surface area (Å²) >= 11 is 0. The summed E-state index contributed by atoms with van der Waals surface area (Å²) < 4.78 is 4.35. The molecule has 4 heteroatoms. The number of rotatable bonds is 0. The molecule has 0 aromatic heterocycles. The number of ether oxygens (including phenoxy) is 1. The Morgan fingerprint density at radius 2 is 1.89 bits per heavy atom. The van der Waals surface area contributed by atoms with E-state index in [1.807, 2.05) is 0 Å². The Hall–Kier alpha value is 0.906. The second-order valence-electron chi connectivity index (χ2n) is 2.48. The average molecular weight is 158 g/mol. The first-order valence-electron chi connectivity index (χ1n) is 2.34. The van der Waals surface area contributed by atoms with Gasteiger partial charge in [0.05, 0.1) is 0 Å². The molecule has 0 unspecified atom stereocenters. The predicted molar refractivity (Wildman–Crippen MR) is 30.0 cm³/mol. The van der Waals surface area contributed by atoms with Crippen molar-refractivity contribution in [1.82, 2.24) is 0 Å². The van der Waals surface area contributed by atoms with Crippen LogP contribution in [0.5, 0.6) is 0 Å². The molecule has 0 aromatic carbocycles. The van der Waals surface area contributed by atoms with Crippen molar-refractivity contribution in [3.05, 3.63) is 0 Å². The summed E-state index contributed by atoms with van der Waals surface area (Å²) in [5.41, 5.74) is -0.578. The number of carboxylic acid groups (broad SMARTS) is 1. The molecule has 0 spiro atoms. The summed E-state index contributed by atoms with van der Waals surface area (Å²) in [5, 5.41) is 8.03. The molecule has 0 fully saturated rings. The molecule has 0 saturated heterocycles. The zero-order chi connectivity index (χ0) is 6.78. The third kappa shape index (κ3) is 12.2. The van der Waals surface area contributed by atoms with E-state index in [0.29, 0.717) is 0 Å².